The number of hydrogen-bond acceptors (Lipinski definition) is 5. The Bertz CT molecular complexity index is 1040. The van der Waals surface area contributed by atoms with Gasteiger partial charge in [-0.25, -0.2) is 14.4 Å². The molecule has 0 bridgehead atoms. The first-order valence-electron chi connectivity index (χ1n) is 7.03. The molecule has 6 nitrogen and oxygen atoms in total. The highest BCUT2D eigenvalue weighted by Gasteiger charge is 2.08. The number of rotatable bonds is 2. The average molecular weight is 308 g/mol. The normalized spacial score (nSPS) is 11.2. The zero-order chi connectivity index (χ0) is 16.0. The highest BCUT2D eigenvalue weighted by atomic mass is 19.1. The van der Waals surface area contributed by atoms with Crippen molar-refractivity contribution in [2.75, 3.05) is 11.1 Å². The van der Waals surface area contributed by atoms with Crippen molar-refractivity contribution >= 4 is 39.1 Å². The molecule has 0 unspecified atom stereocenters. The molecule has 0 saturated carbocycles. The minimum atomic E-state index is -0.287. The summed E-state index contributed by atoms with van der Waals surface area (Å²) in [5, 5.41) is 11.6. The van der Waals surface area contributed by atoms with Crippen LogP contribution in [0.3, 0.4) is 0 Å². The molecular weight excluding hydrogens is 295 g/mol. The van der Waals surface area contributed by atoms with Crippen LogP contribution in [0.15, 0.2) is 36.7 Å². The Hall–Kier alpha value is -3.22. The van der Waals surface area contributed by atoms with E-state index in [1.807, 2.05) is 6.07 Å². The molecule has 2 heterocycles. The second-order valence-electron chi connectivity index (χ2n) is 5.33. The van der Waals surface area contributed by atoms with Crippen molar-refractivity contribution < 1.29 is 4.39 Å². The summed E-state index contributed by atoms with van der Waals surface area (Å²) in [6.45, 7) is 1.70. The molecule has 4 rings (SSSR count). The Morgan fingerprint density at radius 1 is 1.22 bits per heavy atom. The molecule has 23 heavy (non-hydrogen) atoms. The molecule has 0 amide bonds. The molecule has 2 aromatic heterocycles. The molecule has 0 radical (unpaired) electrons. The van der Waals surface area contributed by atoms with Crippen molar-refractivity contribution in [3.63, 3.8) is 0 Å². The quantitative estimate of drug-likeness (QED) is 0.494. The smallest absolute Gasteiger partial charge is 0.227 e. The zero-order valence-electron chi connectivity index (χ0n) is 12.3. The van der Waals surface area contributed by atoms with Crippen LogP contribution in [0, 0.1) is 12.7 Å². The van der Waals surface area contributed by atoms with Crippen molar-refractivity contribution in [1.29, 1.82) is 0 Å². The third-order valence-corrected chi connectivity index (χ3v) is 3.79. The van der Waals surface area contributed by atoms with Crippen molar-refractivity contribution in [3.8, 4) is 0 Å². The Labute approximate surface area is 130 Å². The van der Waals surface area contributed by atoms with Crippen LogP contribution in [-0.2, 0) is 0 Å². The van der Waals surface area contributed by atoms with Crippen LogP contribution in [0.1, 0.15) is 5.56 Å². The van der Waals surface area contributed by atoms with Gasteiger partial charge < -0.3 is 11.1 Å². The van der Waals surface area contributed by atoms with Gasteiger partial charge in [-0.15, -0.1) is 0 Å². The van der Waals surface area contributed by atoms with Gasteiger partial charge in [-0.2, -0.15) is 5.10 Å². The summed E-state index contributed by atoms with van der Waals surface area (Å²) in [6.07, 6.45) is 3.34. The molecule has 0 spiro atoms. The van der Waals surface area contributed by atoms with Gasteiger partial charge >= 0.3 is 0 Å². The number of hydrogen-bond donors (Lipinski definition) is 3. The van der Waals surface area contributed by atoms with Crippen LogP contribution in [0.25, 0.3) is 21.8 Å². The summed E-state index contributed by atoms with van der Waals surface area (Å²) in [5.41, 5.74) is 9.22. The van der Waals surface area contributed by atoms with E-state index in [1.165, 1.54) is 6.07 Å². The number of halogens is 1. The monoisotopic (exact) mass is 308 g/mol. The van der Waals surface area contributed by atoms with E-state index >= 15 is 0 Å². The van der Waals surface area contributed by atoms with E-state index in [0.29, 0.717) is 22.7 Å². The summed E-state index contributed by atoms with van der Waals surface area (Å²) in [4.78, 5) is 8.66. The van der Waals surface area contributed by atoms with Crippen LogP contribution < -0.4 is 11.1 Å². The van der Waals surface area contributed by atoms with Crippen LogP contribution in [0.4, 0.5) is 21.7 Å². The van der Waals surface area contributed by atoms with Gasteiger partial charge in [0.2, 0.25) is 5.95 Å². The predicted molar refractivity (Wildman–Crippen MR) is 88.0 cm³/mol. The molecule has 2 aromatic carbocycles. The molecule has 0 aliphatic carbocycles. The predicted octanol–water partition coefficient (Wildman–Crippen LogP) is 3.28. The van der Waals surface area contributed by atoms with Crippen molar-refractivity contribution in [2.24, 2.45) is 0 Å². The zero-order valence-corrected chi connectivity index (χ0v) is 12.3. The maximum absolute atomic E-state index is 13.7. The number of nitrogens with two attached hydrogens (primary N) is 1. The van der Waals surface area contributed by atoms with E-state index in [2.05, 4.69) is 25.5 Å². The summed E-state index contributed by atoms with van der Waals surface area (Å²) < 4.78 is 13.7. The Balaban J connectivity index is 1.77. The second kappa shape index (κ2) is 4.91. The average Bonchev–Trinajstić information content (AvgIpc) is 3.00. The highest BCUT2D eigenvalue weighted by molar-refractivity contribution is 5.93. The lowest BCUT2D eigenvalue weighted by Gasteiger charge is -2.08. The van der Waals surface area contributed by atoms with Gasteiger partial charge in [0, 0.05) is 33.9 Å². The van der Waals surface area contributed by atoms with Crippen LogP contribution >= 0.6 is 0 Å². The topological polar surface area (TPSA) is 92.5 Å². The first-order chi connectivity index (χ1) is 11.1. The maximum atomic E-state index is 13.7. The van der Waals surface area contributed by atoms with Crippen molar-refractivity contribution in [1.82, 2.24) is 20.2 Å². The lowest BCUT2D eigenvalue weighted by atomic mass is 10.1. The molecular formula is C16H13FN6. The Morgan fingerprint density at radius 3 is 2.96 bits per heavy atom. The van der Waals surface area contributed by atoms with E-state index in [0.717, 1.165) is 22.0 Å². The standard InChI is InChI=1S/C16H13FN6/c1-8-12(17)3-2-9-6-19-16(22-15(8)9)21-10-4-13(18)11-7-20-23-14(11)5-10/h2-7H,18H2,1H3,(H,20,23)(H,19,21,22). The summed E-state index contributed by atoms with van der Waals surface area (Å²) in [5.74, 6) is 0.0924. The second-order valence-corrected chi connectivity index (χ2v) is 5.33. The Kier molecular flexibility index (Phi) is 2.87. The fourth-order valence-electron chi connectivity index (χ4n) is 2.55. The van der Waals surface area contributed by atoms with E-state index in [-0.39, 0.29) is 5.82 Å². The van der Waals surface area contributed by atoms with Crippen LogP contribution in [0.5, 0.6) is 0 Å². The molecule has 0 aliphatic heterocycles. The van der Waals surface area contributed by atoms with Gasteiger partial charge in [0.25, 0.3) is 0 Å². The van der Waals surface area contributed by atoms with E-state index in [4.69, 9.17) is 5.73 Å². The minimum Gasteiger partial charge on any atom is -0.398 e. The molecule has 0 fully saturated rings. The number of nitrogens with one attached hydrogen (secondary N) is 2. The molecule has 114 valence electrons. The van der Waals surface area contributed by atoms with Gasteiger partial charge in [-0.3, -0.25) is 5.10 Å². The first-order valence-corrected chi connectivity index (χ1v) is 7.03. The van der Waals surface area contributed by atoms with Gasteiger partial charge in [0.05, 0.1) is 17.2 Å². The lowest BCUT2D eigenvalue weighted by molar-refractivity contribution is 0.620. The molecule has 0 aliphatic rings. The number of aryl methyl sites for hydroxylation is 1. The van der Waals surface area contributed by atoms with Gasteiger partial charge in [-0.1, -0.05) is 0 Å². The number of aromatic nitrogens is 4. The molecule has 4 aromatic rings. The number of nitrogens with zero attached hydrogens (tertiary/aromatic N) is 3. The third-order valence-electron chi connectivity index (χ3n) is 3.79. The number of fused-ring (bicyclic) bond motifs is 2. The highest BCUT2D eigenvalue weighted by Crippen LogP contribution is 2.26. The lowest BCUT2D eigenvalue weighted by Crippen LogP contribution is -1.99. The summed E-state index contributed by atoms with van der Waals surface area (Å²) in [6, 6.07) is 6.73. The molecule has 0 atom stereocenters. The number of nitrogen functional groups attached to an aromatic ring is 1. The minimum absolute atomic E-state index is 0.287. The third kappa shape index (κ3) is 2.22. The number of aromatic amines is 1. The van der Waals surface area contributed by atoms with Crippen LogP contribution in [-0.4, -0.2) is 20.2 Å². The van der Waals surface area contributed by atoms with E-state index in [9.17, 15) is 4.39 Å². The van der Waals surface area contributed by atoms with Crippen LogP contribution in [0.2, 0.25) is 0 Å². The largest absolute Gasteiger partial charge is 0.398 e. The van der Waals surface area contributed by atoms with E-state index < -0.39 is 0 Å². The number of anilines is 3. The van der Waals surface area contributed by atoms with Crippen molar-refractivity contribution in [3.05, 3.63) is 48.0 Å². The SMILES string of the molecule is Cc1c(F)ccc2cnc(Nc3cc(N)c4cn[nH]c4c3)nc12. The fourth-order valence-corrected chi connectivity index (χ4v) is 2.55. The van der Waals surface area contributed by atoms with Crippen molar-refractivity contribution in [2.45, 2.75) is 6.92 Å². The van der Waals surface area contributed by atoms with Gasteiger partial charge in [0.1, 0.15) is 5.82 Å². The molecule has 7 heteroatoms. The summed E-state index contributed by atoms with van der Waals surface area (Å²) in [7, 11) is 0. The molecule has 4 N–H and O–H groups in total. The van der Waals surface area contributed by atoms with E-state index in [1.54, 1.807) is 31.5 Å². The summed E-state index contributed by atoms with van der Waals surface area (Å²) >= 11 is 0. The Morgan fingerprint density at radius 2 is 2.09 bits per heavy atom. The maximum Gasteiger partial charge on any atom is 0.227 e. The first kappa shape index (κ1) is 13.4. The van der Waals surface area contributed by atoms with Gasteiger partial charge in [-0.05, 0) is 31.2 Å². The number of benzene rings is 2. The fraction of sp³-hybridized carbons (Fsp3) is 0.0625. The molecule has 0 saturated heterocycles. The van der Waals surface area contributed by atoms with Gasteiger partial charge in [0.15, 0.2) is 0 Å². The number of H-pyrrole nitrogens is 1.